The molecular formula is C14H33IN4O3S. The van der Waals surface area contributed by atoms with E-state index in [1.165, 1.54) is 6.26 Å². The molecule has 7 nitrogen and oxygen atoms in total. The fraction of sp³-hybridized carbons (Fsp3) is 0.929. The number of halogens is 1. The Morgan fingerprint density at radius 2 is 1.91 bits per heavy atom. The Morgan fingerprint density at radius 3 is 2.48 bits per heavy atom. The summed E-state index contributed by atoms with van der Waals surface area (Å²) >= 11 is 0. The number of nitrogens with one attached hydrogen (secondary N) is 2. The molecule has 0 bridgehead atoms. The van der Waals surface area contributed by atoms with Crippen molar-refractivity contribution in [3.8, 4) is 0 Å². The van der Waals surface area contributed by atoms with Crippen LogP contribution in [0.3, 0.4) is 0 Å². The molecule has 0 rings (SSSR count). The molecule has 0 aliphatic carbocycles. The standard InChI is InChI=1S/C14H32N4O3S.HI/c1-5-15-14(16-8-6-13-22(4,19)20)17-9-11-18(2)10-7-12-21-3;/h5-13H2,1-4H3,(H2,15,16,17);1H. The third-order valence-electron chi connectivity index (χ3n) is 2.96. The van der Waals surface area contributed by atoms with Crippen LogP contribution in [-0.4, -0.2) is 84.8 Å². The third kappa shape index (κ3) is 18.1. The lowest BCUT2D eigenvalue weighted by Crippen LogP contribution is -2.41. The molecule has 0 radical (unpaired) electrons. The van der Waals surface area contributed by atoms with Gasteiger partial charge in [0.2, 0.25) is 0 Å². The van der Waals surface area contributed by atoms with E-state index in [4.69, 9.17) is 4.74 Å². The summed E-state index contributed by atoms with van der Waals surface area (Å²) in [6, 6.07) is 0. The van der Waals surface area contributed by atoms with Crippen LogP contribution in [0.15, 0.2) is 4.99 Å². The second kappa shape index (κ2) is 15.4. The van der Waals surface area contributed by atoms with Crippen molar-refractivity contribution < 1.29 is 13.2 Å². The fourth-order valence-electron chi connectivity index (χ4n) is 1.82. The molecule has 0 spiro atoms. The molecule has 0 aromatic carbocycles. The number of guanidine groups is 1. The molecule has 2 N–H and O–H groups in total. The summed E-state index contributed by atoms with van der Waals surface area (Å²) in [5.74, 6) is 0.916. The zero-order chi connectivity index (χ0) is 16.8. The number of likely N-dealkylation sites (N-methyl/N-ethyl adjacent to an activating group) is 1. The van der Waals surface area contributed by atoms with Crippen molar-refractivity contribution in [2.45, 2.75) is 19.8 Å². The number of aliphatic imine (C=N–C) groups is 1. The van der Waals surface area contributed by atoms with Crippen LogP contribution in [0.25, 0.3) is 0 Å². The normalized spacial score (nSPS) is 12.1. The number of rotatable bonds is 12. The van der Waals surface area contributed by atoms with Gasteiger partial charge in [-0.2, -0.15) is 0 Å². The molecule has 0 fully saturated rings. The molecule has 0 aromatic heterocycles. The summed E-state index contributed by atoms with van der Waals surface area (Å²) in [4.78, 5) is 6.62. The maximum atomic E-state index is 11.1. The Kier molecular flexibility index (Phi) is 16.8. The van der Waals surface area contributed by atoms with Crippen molar-refractivity contribution in [3.05, 3.63) is 0 Å². The van der Waals surface area contributed by atoms with Gasteiger partial charge >= 0.3 is 0 Å². The van der Waals surface area contributed by atoms with Crippen LogP contribution >= 0.6 is 24.0 Å². The van der Waals surface area contributed by atoms with Gasteiger partial charge in [-0.3, -0.25) is 4.99 Å². The molecule has 0 aliphatic heterocycles. The first-order valence-electron chi connectivity index (χ1n) is 7.76. The van der Waals surface area contributed by atoms with Crippen LogP contribution in [0, 0.1) is 0 Å². The molecule has 0 amide bonds. The predicted molar refractivity (Wildman–Crippen MR) is 108 cm³/mol. The van der Waals surface area contributed by atoms with Gasteiger partial charge in [0, 0.05) is 52.7 Å². The van der Waals surface area contributed by atoms with Gasteiger partial charge in [0.1, 0.15) is 9.84 Å². The van der Waals surface area contributed by atoms with Crippen LogP contribution < -0.4 is 10.6 Å². The zero-order valence-electron chi connectivity index (χ0n) is 14.8. The predicted octanol–water partition coefficient (Wildman–Crippen LogP) is 0.563. The molecular weight excluding hydrogens is 431 g/mol. The van der Waals surface area contributed by atoms with Crippen molar-refractivity contribution in [2.75, 3.05) is 65.5 Å². The number of ether oxygens (including phenoxy) is 1. The lowest BCUT2D eigenvalue weighted by Gasteiger charge is -2.18. The number of methoxy groups -OCH3 is 1. The summed E-state index contributed by atoms with van der Waals surface area (Å²) in [7, 11) is 0.889. The van der Waals surface area contributed by atoms with Crippen LogP contribution in [0.4, 0.5) is 0 Å². The summed E-state index contributed by atoms with van der Waals surface area (Å²) in [6.45, 7) is 6.77. The van der Waals surface area contributed by atoms with Gasteiger partial charge < -0.3 is 20.3 Å². The highest BCUT2D eigenvalue weighted by Gasteiger charge is 2.02. The quantitative estimate of drug-likeness (QED) is 0.190. The van der Waals surface area contributed by atoms with Crippen molar-refractivity contribution in [2.24, 2.45) is 4.99 Å². The van der Waals surface area contributed by atoms with Gasteiger partial charge in [-0.25, -0.2) is 8.42 Å². The molecule has 23 heavy (non-hydrogen) atoms. The second-order valence-corrected chi connectivity index (χ2v) is 7.58. The van der Waals surface area contributed by atoms with E-state index in [0.717, 1.165) is 45.2 Å². The number of hydrogen-bond donors (Lipinski definition) is 2. The first-order chi connectivity index (χ1) is 10.4. The minimum atomic E-state index is -2.90. The van der Waals surface area contributed by atoms with E-state index in [0.29, 0.717) is 13.0 Å². The molecule has 0 heterocycles. The van der Waals surface area contributed by atoms with Crippen LogP contribution in [0.1, 0.15) is 19.8 Å². The lowest BCUT2D eigenvalue weighted by atomic mass is 10.4. The molecule has 0 aromatic rings. The topological polar surface area (TPSA) is 83.0 Å². The van der Waals surface area contributed by atoms with E-state index >= 15 is 0 Å². The van der Waals surface area contributed by atoms with Gasteiger partial charge in [0.25, 0.3) is 0 Å². The summed E-state index contributed by atoms with van der Waals surface area (Å²) in [5, 5.41) is 6.41. The van der Waals surface area contributed by atoms with Crippen LogP contribution in [0.5, 0.6) is 0 Å². The van der Waals surface area contributed by atoms with Gasteiger partial charge in [-0.1, -0.05) is 0 Å². The Labute approximate surface area is 158 Å². The molecule has 140 valence electrons. The van der Waals surface area contributed by atoms with E-state index in [2.05, 4.69) is 27.6 Å². The van der Waals surface area contributed by atoms with Gasteiger partial charge in [-0.15, -0.1) is 24.0 Å². The second-order valence-electron chi connectivity index (χ2n) is 5.32. The Hall–Kier alpha value is -0.130. The number of sulfone groups is 1. The number of hydrogen-bond acceptors (Lipinski definition) is 5. The van der Waals surface area contributed by atoms with Crippen molar-refractivity contribution >= 4 is 39.8 Å². The smallest absolute Gasteiger partial charge is 0.191 e. The van der Waals surface area contributed by atoms with Crippen molar-refractivity contribution in [1.82, 2.24) is 15.5 Å². The highest BCUT2D eigenvalue weighted by atomic mass is 127. The summed E-state index contributed by atoms with van der Waals surface area (Å²) in [6.07, 6.45) is 2.82. The van der Waals surface area contributed by atoms with Gasteiger partial charge in [0.15, 0.2) is 5.96 Å². The first-order valence-corrected chi connectivity index (χ1v) is 9.82. The fourth-order valence-corrected chi connectivity index (χ4v) is 2.47. The van der Waals surface area contributed by atoms with Gasteiger partial charge in [0.05, 0.1) is 5.75 Å². The third-order valence-corrected chi connectivity index (χ3v) is 3.99. The first kappa shape index (κ1) is 25.1. The monoisotopic (exact) mass is 464 g/mol. The average Bonchev–Trinajstić information content (AvgIpc) is 2.42. The summed E-state index contributed by atoms with van der Waals surface area (Å²) < 4.78 is 27.2. The molecule has 0 atom stereocenters. The maximum absolute atomic E-state index is 11.1. The molecule has 0 saturated heterocycles. The van der Waals surface area contributed by atoms with Crippen LogP contribution in [-0.2, 0) is 14.6 Å². The highest BCUT2D eigenvalue weighted by Crippen LogP contribution is 1.90. The summed E-state index contributed by atoms with van der Waals surface area (Å²) in [5.41, 5.74) is 0. The molecule has 9 heteroatoms. The lowest BCUT2D eigenvalue weighted by molar-refractivity contribution is 0.180. The van der Waals surface area contributed by atoms with E-state index in [1.807, 2.05) is 6.92 Å². The SMILES string of the molecule is CCNC(=NCCCS(C)(=O)=O)NCCN(C)CCCOC.I. The molecule has 0 unspecified atom stereocenters. The van der Waals surface area contributed by atoms with E-state index in [9.17, 15) is 8.42 Å². The van der Waals surface area contributed by atoms with E-state index < -0.39 is 9.84 Å². The Morgan fingerprint density at radius 1 is 1.22 bits per heavy atom. The minimum absolute atomic E-state index is 0. The Bertz CT molecular complexity index is 405. The van der Waals surface area contributed by atoms with Crippen molar-refractivity contribution in [1.29, 1.82) is 0 Å². The van der Waals surface area contributed by atoms with E-state index in [1.54, 1.807) is 7.11 Å². The zero-order valence-corrected chi connectivity index (χ0v) is 17.9. The molecule has 0 aliphatic rings. The maximum Gasteiger partial charge on any atom is 0.191 e. The van der Waals surface area contributed by atoms with Crippen molar-refractivity contribution in [3.63, 3.8) is 0 Å². The average molecular weight is 464 g/mol. The highest BCUT2D eigenvalue weighted by molar-refractivity contribution is 14.0. The minimum Gasteiger partial charge on any atom is -0.385 e. The largest absolute Gasteiger partial charge is 0.385 e. The Balaban J connectivity index is 0. The number of nitrogens with zero attached hydrogens (tertiary/aromatic N) is 2. The van der Waals surface area contributed by atoms with Gasteiger partial charge in [-0.05, 0) is 26.8 Å². The van der Waals surface area contributed by atoms with E-state index in [-0.39, 0.29) is 29.7 Å². The van der Waals surface area contributed by atoms with Crippen LogP contribution in [0.2, 0.25) is 0 Å². The molecule has 0 saturated carbocycles.